The molecule has 88 valence electrons. The molecule has 0 spiro atoms. The van der Waals surface area contributed by atoms with Crippen LogP contribution in [0.4, 0.5) is 0 Å². The van der Waals surface area contributed by atoms with Gasteiger partial charge in [-0.1, -0.05) is 6.07 Å². The summed E-state index contributed by atoms with van der Waals surface area (Å²) in [5.41, 5.74) is 1.32. The van der Waals surface area contributed by atoms with Gasteiger partial charge in [-0.2, -0.15) is 0 Å². The zero-order valence-electron chi connectivity index (χ0n) is 9.75. The van der Waals surface area contributed by atoms with Crippen LogP contribution in [0.1, 0.15) is 30.2 Å². The van der Waals surface area contributed by atoms with Gasteiger partial charge in [0.25, 0.3) is 0 Å². The summed E-state index contributed by atoms with van der Waals surface area (Å²) in [6.45, 7) is 2.03. The predicted octanol–water partition coefficient (Wildman–Crippen LogP) is 3.01. The molecule has 1 atom stereocenters. The van der Waals surface area contributed by atoms with Crippen molar-refractivity contribution < 1.29 is 4.42 Å². The molecule has 0 saturated carbocycles. The van der Waals surface area contributed by atoms with Crippen LogP contribution in [0.5, 0.6) is 0 Å². The lowest BCUT2D eigenvalue weighted by atomic mass is 10.1. The smallest absolute Gasteiger partial charge is 0.117 e. The van der Waals surface area contributed by atoms with Crippen LogP contribution < -0.4 is 0 Å². The highest BCUT2D eigenvalue weighted by atomic mass is 16.3. The Morgan fingerprint density at radius 2 is 2.35 bits per heavy atom. The Kier molecular flexibility index (Phi) is 2.92. The standard InChI is InChI=1S/C14H16N2O/c1-4-12(10-15-7-1)14-6-2-8-16(14)11-13-5-3-9-17-13/h1,3-5,7,9-10,14H,2,6,8,11H2. The molecule has 2 aromatic heterocycles. The molecule has 0 bridgehead atoms. The number of nitrogens with zero attached hydrogens (tertiary/aromatic N) is 2. The van der Waals surface area contributed by atoms with Gasteiger partial charge in [0, 0.05) is 18.4 Å². The number of furan rings is 1. The van der Waals surface area contributed by atoms with Gasteiger partial charge in [-0.15, -0.1) is 0 Å². The van der Waals surface area contributed by atoms with Crippen LogP contribution in [0.15, 0.2) is 47.3 Å². The van der Waals surface area contributed by atoms with Crippen molar-refractivity contribution in [3.8, 4) is 0 Å². The molecule has 1 unspecified atom stereocenters. The van der Waals surface area contributed by atoms with E-state index in [9.17, 15) is 0 Å². The van der Waals surface area contributed by atoms with Gasteiger partial charge in [0.05, 0.1) is 12.8 Å². The second kappa shape index (κ2) is 4.72. The van der Waals surface area contributed by atoms with E-state index in [-0.39, 0.29) is 0 Å². The fraction of sp³-hybridized carbons (Fsp3) is 0.357. The van der Waals surface area contributed by atoms with Gasteiger partial charge in [0.15, 0.2) is 0 Å². The first-order valence-corrected chi connectivity index (χ1v) is 6.10. The van der Waals surface area contributed by atoms with Gasteiger partial charge >= 0.3 is 0 Å². The maximum Gasteiger partial charge on any atom is 0.117 e. The highest BCUT2D eigenvalue weighted by Gasteiger charge is 2.26. The average Bonchev–Trinajstić information content (AvgIpc) is 3.02. The molecule has 1 saturated heterocycles. The number of likely N-dealkylation sites (tertiary alicyclic amines) is 1. The van der Waals surface area contributed by atoms with E-state index < -0.39 is 0 Å². The molecule has 0 N–H and O–H groups in total. The summed E-state index contributed by atoms with van der Waals surface area (Å²) in [7, 11) is 0. The van der Waals surface area contributed by atoms with Crippen molar-refractivity contribution in [1.82, 2.24) is 9.88 Å². The number of hydrogen-bond donors (Lipinski definition) is 0. The first-order valence-electron chi connectivity index (χ1n) is 6.10. The third-order valence-corrected chi connectivity index (χ3v) is 3.37. The van der Waals surface area contributed by atoms with Gasteiger partial charge in [0.2, 0.25) is 0 Å². The van der Waals surface area contributed by atoms with Crippen LogP contribution in [0.25, 0.3) is 0 Å². The van der Waals surface area contributed by atoms with Crippen LogP contribution in [0.2, 0.25) is 0 Å². The van der Waals surface area contributed by atoms with Crippen LogP contribution in [-0.2, 0) is 6.54 Å². The quantitative estimate of drug-likeness (QED) is 0.808. The molecule has 3 heterocycles. The van der Waals surface area contributed by atoms with Crippen molar-refractivity contribution in [2.75, 3.05) is 6.54 Å². The number of pyridine rings is 1. The maximum absolute atomic E-state index is 5.42. The molecule has 17 heavy (non-hydrogen) atoms. The lowest BCUT2D eigenvalue weighted by Crippen LogP contribution is -2.22. The minimum Gasteiger partial charge on any atom is -0.468 e. The Bertz CT molecular complexity index is 452. The largest absolute Gasteiger partial charge is 0.468 e. The summed E-state index contributed by atoms with van der Waals surface area (Å²) in [4.78, 5) is 6.68. The van der Waals surface area contributed by atoms with Crippen LogP contribution in [-0.4, -0.2) is 16.4 Å². The fourth-order valence-corrected chi connectivity index (χ4v) is 2.57. The second-order valence-corrected chi connectivity index (χ2v) is 4.49. The molecule has 1 aliphatic heterocycles. The highest BCUT2D eigenvalue weighted by Crippen LogP contribution is 2.32. The Hall–Kier alpha value is -1.61. The zero-order chi connectivity index (χ0) is 11.5. The molecule has 0 radical (unpaired) electrons. The topological polar surface area (TPSA) is 29.3 Å². The first kappa shape index (κ1) is 10.5. The number of hydrogen-bond acceptors (Lipinski definition) is 3. The Morgan fingerprint density at radius 3 is 3.12 bits per heavy atom. The van der Waals surface area contributed by atoms with E-state index >= 15 is 0 Å². The Balaban J connectivity index is 1.76. The average molecular weight is 228 g/mol. The monoisotopic (exact) mass is 228 g/mol. The van der Waals surface area contributed by atoms with E-state index in [1.165, 1.54) is 18.4 Å². The normalized spacial score (nSPS) is 20.8. The summed E-state index contributed by atoms with van der Waals surface area (Å²) in [5.74, 6) is 1.04. The molecule has 0 aromatic carbocycles. The molecule has 0 aliphatic carbocycles. The van der Waals surface area contributed by atoms with Crippen molar-refractivity contribution in [2.24, 2.45) is 0 Å². The van der Waals surface area contributed by atoms with Crippen molar-refractivity contribution in [3.63, 3.8) is 0 Å². The number of rotatable bonds is 3. The van der Waals surface area contributed by atoms with Crippen molar-refractivity contribution in [1.29, 1.82) is 0 Å². The van der Waals surface area contributed by atoms with E-state index in [1.54, 1.807) is 6.26 Å². The van der Waals surface area contributed by atoms with Crippen LogP contribution >= 0.6 is 0 Å². The van der Waals surface area contributed by atoms with E-state index in [1.807, 2.05) is 30.6 Å². The number of aromatic nitrogens is 1. The molecular formula is C14H16N2O. The van der Waals surface area contributed by atoms with E-state index in [0.29, 0.717) is 6.04 Å². The summed E-state index contributed by atoms with van der Waals surface area (Å²) in [5, 5.41) is 0. The Morgan fingerprint density at radius 1 is 1.35 bits per heavy atom. The van der Waals surface area contributed by atoms with Crippen molar-refractivity contribution in [3.05, 3.63) is 54.2 Å². The SMILES string of the molecule is c1cncc(C2CCCN2Cc2ccco2)c1. The van der Waals surface area contributed by atoms with E-state index in [2.05, 4.69) is 16.0 Å². The van der Waals surface area contributed by atoms with Gasteiger partial charge in [-0.3, -0.25) is 9.88 Å². The third kappa shape index (κ3) is 2.24. The van der Waals surface area contributed by atoms with E-state index in [0.717, 1.165) is 18.8 Å². The van der Waals surface area contributed by atoms with Crippen LogP contribution in [0, 0.1) is 0 Å². The summed E-state index contributed by atoms with van der Waals surface area (Å²) in [6.07, 6.45) is 8.01. The summed E-state index contributed by atoms with van der Waals surface area (Å²) >= 11 is 0. The Labute approximate surface area is 101 Å². The molecule has 1 fully saturated rings. The van der Waals surface area contributed by atoms with Crippen LogP contribution in [0.3, 0.4) is 0 Å². The minimum absolute atomic E-state index is 0.494. The summed E-state index contributed by atoms with van der Waals surface area (Å²) < 4.78 is 5.42. The first-order chi connectivity index (χ1) is 8.43. The molecule has 3 rings (SSSR count). The molecule has 1 aliphatic rings. The van der Waals surface area contributed by atoms with Crippen molar-refractivity contribution in [2.45, 2.75) is 25.4 Å². The zero-order valence-corrected chi connectivity index (χ0v) is 9.75. The van der Waals surface area contributed by atoms with Crippen molar-refractivity contribution >= 4 is 0 Å². The third-order valence-electron chi connectivity index (χ3n) is 3.37. The molecule has 3 nitrogen and oxygen atoms in total. The molecule has 0 amide bonds. The van der Waals surface area contributed by atoms with Gasteiger partial charge < -0.3 is 4.42 Å². The molecule has 3 heteroatoms. The maximum atomic E-state index is 5.42. The van der Waals surface area contributed by atoms with Gasteiger partial charge in [-0.05, 0) is 43.1 Å². The molecular weight excluding hydrogens is 212 g/mol. The van der Waals surface area contributed by atoms with Gasteiger partial charge in [-0.25, -0.2) is 0 Å². The lowest BCUT2D eigenvalue weighted by Gasteiger charge is -2.23. The predicted molar refractivity (Wildman–Crippen MR) is 65.3 cm³/mol. The second-order valence-electron chi connectivity index (χ2n) is 4.49. The van der Waals surface area contributed by atoms with E-state index in [4.69, 9.17) is 4.42 Å². The lowest BCUT2D eigenvalue weighted by molar-refractivity contribution is 0.228. The highest BCUT2D eigenvalue weighted by molar-refractivity contribution is 5.15. The fourth-order valence-electron chi connectivity index (χ4n) is 2.57. The molecule has 2 aromatic rings. The summed E-state index contributed by atoms with van der Waals surface area (Å²) in [6, 6.07) is 8.66. The minimum atomic E-state index is 0.494. The van der Waals surface area contributed by atoms with Gasteiger partial charge in [0.1, 0.15) is 5.76 Å².